The molecule has 2 aliphatic rings. The van der Waals surface area contributed by atoms with Crippen LogP contribution in [0.5, 0.6) is 0 Å². The number of benzene rings is 1. The predicted molar refractivity (Wildman–Crippen MR) is 94.6 cm³/mol. The van der Waals surface area contributed by atoms with Crippen LogP contribution >= 0.6 is 15.9 Å². The lowest BCUT2D eigenvalue weighted by molar-refractivity contribution is -0.129. The molecule has 1 aliphatic heterocycles. The second-order valence-corrected chi connectivity index (χ2v) is 7.42. The van der Waals surface area contributed by atoms with Gasteiger partial charge in [-0.15, -0.1) is 0 Å². The minimum atomic E-state index is -0.292. The Morgan fingerprint density at radius 3 is 2.52 bits per heavy atom. The molecule has 0 unspecified atom stereocenters. The van der Waals surface area contributed by atoms with E-state index < -0.39 is 0 Å². The number of nitrogens with one attached hydrogen (secondary N) is 1. The summed E-state index contributed by atoms with van der Waals surface area (Å²) in [6.45, 7) is 5.48. The van der Waals surface area contributed by atoms with Gasteiger partial charge in [-0.1, -0.05) is 34.5 Å². The van der Waals surface area contributed by atoms with Crippen LogP contribution in [0.1, 0.15) is 31.2 Å². The second kappa shape index (κ2) is 7.77. The Kier molecular flexibility index (Phi) is 5.72. The smallest absolute Gasteiger partial charge is 0.230 e. The zero-order valence-electron chi connectivity index (χ0n) is 13.5. The molecule has 1 heterocycles. The highest BCUT2D eigenvalue weighted by Gasteiger charge is 2.45. The largest absolute Gasteiger partial charge is 0.379 e. The molecule has 1 aliphatic carbocycles. The summed E-state index contributed by atoms with van der Waals surface area (Å²) >= 11 is 3.46. The summed E-state index contributed by atoms with van der Waals surface area (Å²) in [6, 6.07) is 8.22. The third-order valence-electron chi connectivity index (χ3n) is 5.08. The Bertz CT molecular complexity index is 522. The number of carbonyl (C=O) groups is 1. The molecule has 126 valence electrons. The highest BCUT2D eigenvalue weighted by molar-refractivity contribution is 9.10. The van der Waals surface area contributed by atoms with Crippen molar-refractivity contribution in [2.45, 2.75) is 31.1 Å². The Morgan fingerprint density at radius 2 is 1.91 bits per heavy atom. The summed E-state index contributed by atoms with van der Waals surface area (Å²) in [5.74, 6) is 0.202. The van der Waals surface area contributed by atoms with Gasteiger partial charge in [0.2, 0.25) is 5.91 Å². The summed E-state index contributed by atoms with van der Waals surface area (Å²) in [5.41, 5.74) is 0.859. The zero-order chi connectivity index (χ0) is 16.1. The van der Waals surface area contributed by atoms with Gasteiger partial charge in [0, 0.05) is 24.1 Å². The maximum Gasteiger partial charge on any atom is 0.230 e. The number of halogens is 1. The summed E-state index contributed by atoms with van der Waals surface area (Å²) < 4.78 is 6.41. The predicted octanol–water partition coefficient (Wildman–Crippen LogP) is 2.71. The van der Waals surface area contributed by atoms with E-state index in [-0.39, 0.29) is 11.3 Å². The maximum absolute atomic E-state index is 12.7. The van der Waals surface area contributed by atoms with Crippen molar-refractivity contribution in [2.75, 3.05) is 39.4 Å². The Morgan fingerprint density at radius 1 is 1.22 bits per heavy atom. The van der Waals surface area contributed by atoms with Crippen LogP contribution in [-0.2, 0) is 14.9 Å². The molecule has 3 rings (SSSR count). The van der Waals surface area contributed by atoms with Gasteiger partial charge in [0.05, 0.1) is 18.6 Å². The van der Waals surface area contributed by atoms with Gasteiger partial charge in [-0.05, 0) is 43.5 Å². The maximum atomic E-state index is 12.7. The van der Waals surface area contributed by atoms with Gasteiger partial charge in [0.1, 0.15) is 0 Å². The summed E-state index contributed by atoms with van der Waals surface area (Å²) in [6.07, 6.45) is 4.06. The van der Waals surface area contributed by atoms with Crippen LogP contribution in [0.3, 0.4) is 0 Å². The summed E-state index contributed by atoms with van der Waals surface area (Å²) in [4.78, 5) is 15.1. The highest BCUT2D eigenvalue weighted by Crippen LogP contribution is 2.44. The number of nitrogens with zero attached hydrogens (tertiary/aromatic N) is 1. The molecule has 0 bridgehead atoms. The van der Waals surface area contributed by atoms with Crippen LogP contribution in [-0.4, -0.2) is 50.2 Å². The molecule has 1 saturated heterocycles. The van der Waals surface area contributed by atoms with E-state index in [0.29, 0.717) is 0 Å². The van der Waals surface area contributed by atoms with Gasteiger partial charge in [0.25, 0.3) is 0 Å². The van der Waals surface area contributed by atoms with Crippen LogP contribution in [0.2, 0.25) is 0 Å². The van der Waals surface area contributed by atoms with E-state index in [4.69, 9.17) is 4.74 Å². The first kappa shape index (κ1) is 16.9. The number of hydrogen-bond donors (Lipinski definition) is 1. The minimum Gasteiger partial charge on any atom is -0.379 e. The molecule has 1 N–H and O–H groups in total. The van der Waals surface area contributed by atoms with Crippen molar-refractivity contribution in [1.29, 1.82) is 0 Å². The van der Waals surface area contributed by atoms with Crippen LogP contribution in [0.15, 0.2) is 28.7 Å². The lowest BCUT2D eigenvalue weighted by atomic mass is 9.64. The number of rotatable bonds is 6. The molecule has 1 amide bonds. The van der Waals surface area contributed by atoms with E-state index in [1.807, 2.05) is 12.1 Å². The molecule has 4 nitrogen and oxygen atoms in total. The molecular formula is C18H25BrN2O2. The van der Waals surface area contributed by atoms with Crippen molar-refractivity contribution in [3.63, 3.8) is 0 Å². The molecule has 1 aromatic carbocycles. The van der Waals surface area contributed by atoms with Crippen LogP contribution in [0.25, 0.3) is 0 Å². The van der Waals surface area contributed by atoms with Crippen LogP contribution in [0, 0.1) is 0 Å². The molecular weight excluding hydrogens is 356 g/mol. The van der Waals surface area contributed by atoms with E-state index in [0.717, 1.165) is 75.1 Å². The first-order chi connectivity index (χ1) is 11.2. The van der Waals surface area contributed by atoms with Gasteiger partial charge >= 0.3 is 0 Å². The third-order valence-corrected chi connectivity index (χ3v) is 5.61. The lowest BCUT2D eigenvalue weighted by Crippen LogP contribution is -2.49. The Labute approximate surface area is 146 Å². The molecule has 0 atom stereocenters. The van der Waals surface area contributed by atoms with Crippen LogP contribution < -0.4 is 5.32 Å². The monoisotopic (exact) mass is 380 g/mol. The number of hydrogen-bond acceptors (Lipinski definition) is 3. The van der Waals surface area contributed by atoms with Gasteiger partial charge in [-0.2, -0.15) is 0 Å². The zero-order valence-corrected chi connectivity index (χ0v) is 15.1. The molecule has 23 heavy (non-hydrogen) atoms. The first-order valence-corrected chi connectivity index (χ1v) is 9.34. The molecule has 1 saturated carbocycles. The lowest BCUT2D eigenvalue weighted by Gasteiger charge is -2.40. The van der Waals surface area contributed by atoms with Crippen molar-refractivity contribution in [2.24, 2.45) is 0 Å². The molecule has 0 radical (unpaired) electrons. The van der Waals surface area contributed by atoms with Crippen LogP contribution in [0.4, 0.5) is 0 Å². The minimum absolute atomic E-state index is 0.202. The van der Waals surface area contributed by atoms with E-state index in [1.165, 1.54) is 0 Å². The SMILES string of the molecule is O=C(NCCCN1CCOCC1)C1(c2ccc(Br)cc2)CCC1. The number of carbonyl (C=O) groups excluding carboxylic acids is 1. The highest BCUT2D eigenvalue weighted by atomic mass is 79.9. The van der Waals surface area contributed by atoms with Gasteiger partial charge in [0.15, 0.2) is 0 Å². The van der Waals surface area contributed by atoms with E-state index >= 15 is 0 Å². The molecule has 0 spiro atoms. The quantitative estimate of drug-likeness (QED) is 0.771. The first-order valence-electron chi connectivity index (χ1n) is 8.55. The van der Waals surface area contributed by atoms with Gasteiger partial charge in [-0.3, -0.25) is 9.69 Å². The fourth-order valence-electron chi connectivity index (χ4n) is 3.44. The second-order valence-electron chi connectivity index (χ2n) is 6.51. The average Bonchev–Trinajstić information content (AvgIpc) is 2.53. The normalized spacial score (nSPS) is 20.7. The van der Waals surface area contributed by atoms with Gasteiger partial charge in [-0.25, -0.2) is 0 Å². The van der Waals surface area contributed by atoms with E-state index in [2.05, 4.69) is 38.3 Å². The third kappa shape index (κ3) is 3.95. The van der Waals surface area contributed by atoms with Crippen molar-refractivity contribution >= 4 is 21.8 Å². The van der Waals surface area contributed by atoms with E-state index in [9.17, 15) is 4.79 Å². The molecule has 2 fully saturated rings. The van der Waals surface area contributed by atoms with Crippen molar-refractivity contribution in [3.8, 4) is 0 Å². The number of ether oxygens (including phenoxy) is 1. The number of morpholine rings is 1. The topological polar surface area (TPSA) is 41.6 Å². The average molecular weight is 381 g/mol. The Hall–Kier alpha value is -0.910. The standard InChI is InChI=1S/C18H25BrN2O2/c19-16-5-3-15(4-6-16)18(7-1-8-18)17(22)20-9-2-10-21-11-13-23-14-12-21/h3-6H,1-2,7-14H2,(H,20,22). The fourth-order valence-corrected chi connectivity index (χ4v) is 3.71. The van der Waals surface area contributed by atoms with Gasteiger partial charge < -0.3 is 10.1 Å². The molecule has 0 aromatic heterocycles. The number of amides is 1. The van der Waals surface area contributed by atoms with Crippen molar-refractivity contribution in [3.05, 3.63) is 34.3 Å². The summed E-state index contributed by atoms with van der Waals surface area (Å²) in [5, 5.41) is 3.17. The fraction of sp³-hybridized carbons (Fsp3) is 0.611. The molecule has 1 aromatic rings. The summed E-state index contributed by atoms with van der Waals surface area (Å²) in [7, 11) is 0. The Balaban J connectivity index is 1.49. The molecule has 5 heteroatoms. The van der Waals surface area contributed by atoms with Crippen molar-refractivity contribution < 1.29 is 9.53 Å². The van der Waals surface area contributed by atoms with E-state index in [1.54, 1.807) is 0 Å². The van der Waals surface area contributed by atoms with Crippen molar-refractivity contribution in [1.82, 2.24) is 10.2 Å².